The van der Waals surface area contributed by atoms with Gasteiger partial charge in [-0.05, 0) is 57.8 Å². The summed E-state index contributed by atoms with van der Waals surface area (Å²) >= 11 is 0. The Kier molecular flexibility index (Phi) is 6.54. The molecule has 2 heterocycles. The normalized spacial score (nSPS) is 11.1. The molecule has 0 bridgehead atoms. The third-order valence-corrected chi connectivity index (χ3v) is 6.95. The molecule has 0 saturated carbocycles. The first kappa shape index (κ1) is 25.0. The molecule has 0 atom stereocenters. The predicted octanol–water partition coefficient (Wildman–Crippen LogP) is 6.51. The fourth-order valence-electron chi connectivity index (χ4n) is 4.91. The number of nitrogens with one attached hydrogen (secondary N) is 1. The van der Waals surface area contributed by atoms with E-state index in [0.29, 0.717) is 34.6 Å². The molecule has 0 saturated heterocycles. The minimum atomic E-state index is -1.01. The topological polar surface area (TPSA) is 83.7 Å². The Morgan fingerprint density at radius 2 is 1.55 bits per heavy atom. The molecule has 6 aromatic rings. The minimum absolute atomic E-state index is 0.172. The van der Waals surface area contributed by atoms with E-state index in [2.05, 4.69) is 40.6 Å². The number of hydrogen-bond donors (Lipinski definition) is 2. The van der Waals surface area contributed by atoms with Crippen LogP contribution in [0.1, 0.15) is 37.8 Å². The van der Waals surface area contributed by atoms with Gasteiger partial charge in [-0.2, -0.15) is 0 Å². The lowest BCUT2D eigenvalue weighted by atomic mass is 10.0. The lowest BCUT2D eigenvalue weighted by Gasteiger charge is -2.13. The molecule has 0 aliphatic heterocycles. The lowest BCUT2D eigenvalue weighted by Crippen LogP contribution is -2.25. The zero-order valence-electron chi connectivity index (χ0n) is 21.3. The number of aromatic nitrogens is 2. The number of halogens is 1. The van der Waals surface area contributed by atoms with Crippen molar-refractivity contribution in [2.45, 2.75) is 13.0 Å². The summed E-state index contributed by atoms with van der Waals surface area (Å²) in [6, 6.07) is 30.6. The van der Waals surface area contributed by atoms with E-state index in [1.165, 1.54) is 18.2 Å². The summed E-state index contributed by atoms with van der Waals surface area (Å²) in [4.78, 5) is 29.4. The standard InChI is InChI=1S/C33H24FN3O3/c34-29-8-4-3-7-28(29)26-17-27-20-35-31(16-22-11-12-23-5-1-2-6-25(23)15-22)37(27)30(18-26)32(38)36-19-21-9-13-24(14-10-21)33(39)40/h1-15,17-18,20H,16,19H2,(H,36,38)(H,39,40). The van der Waals surface area contributed by atoms with Gasteiger partial charge in [-0.15, -0.1) is 0 Å². The van der Waals surface area contributed by atoms with Crippen molar-refractivity contribution >= 4 is 28.2 Å². The highest BCUT2D eigenvalue weighted by molar-refractivity contribution is 5.95. The third kappa shape index (κ3) is 4.92. The zero-order valence-corrected chi connectivity index (χ0v) is 21.3. The highest BCUT2D eigenvalue weighted by Crippen LogP contribution is 2.27. The van der Waals surface area contributed by atoms with E-state index in [1.54, 1.807) is 42.6 Å². The Balaban J connectivity index is 1.38. The number of nitrogens with zero attached hydrogens (tertiary/aromatic N) is 2. The van der Waals surface area contributed by atoms with Crippen LogP contribution in [0.25, 0.3) is 27.4 Å². The Morgan fingerprint density at radius 1 is 0.825 bits per heavy atom. The number of carboxylic acids is 1. The van der Waals surface area contributed by atoms with Crippen LogP contribution < -0.4 is 5.32 Å². The number of carbonyl (C=O) groups is 2. The summed E-state index contributed by atoms with van der Waals surface area (Å²) in [5.41, 5.74) is 3.93. The molecule has 4 aromatic carbocycles. The summed E-state index contributed by atoms with van der Waals surface area (Å²) < 4.78 is 16.5. The Morgan fingerprint density at radius 3 is 2.33 bits per heavy atom. The number of pyridine rings is 1. The monoisotopic (exact) mass is 529 g/mol. The van der Waals surface area contributed by atoms with E-state index in [4.69, 9.17) is 5.11 Å². The van der Waals surface area contributed by atoms with E-state index in [0.717, 1.165) is 21.9 Å². The van der Waals surface area contributed by atoms with Crippen molar-refractivity contribution in [1.82, 2.24) is 14.7 Å². The van der Waals surface area contributed by atoms with E-state index in [9.17, 15) is 14.0 Å². The van der Waals surface area contributed by atoms with Crippen molar-refractivity contribution in [2.75, 3.05) is 0 Å². The number of carbonyl (C=O) groups excluding carboxylic acids is 1. The second-order valence-corrected chi connectivity index (χ2v) is 9.59. The van der Waals surface area contributed by atoms with Gasteiger partial charge in [0.2, 0.25) is 0 Å². The van der Waals surface area contributed by atoms with Gasteiger partial charge >= 0.3 is 5.97 Å². The quantitative estimate of drug-likeness (QED) is 0.247. The zero-order chi connectivity index (χ0) is 27.6. The molecule has 2 aromatic heterocycles. The molecular weight excluding hydrogens is 505 g/mol. The van der Waals surface area contributed by atoms with Gasteiger partial charge < -0.3 is 10.4 Å². The van der Waals surface area contributed by atoms with Crippen LogP contribution in [0.2, 0.25) is 0 Å². The van der Waals surface area contributed by atoms with E-state index >= 15 is 0 Å². The molecule has 0 unspecified atom stereocenters. The van der Waals surface area contributed by atoms with Crippen LogP contribution in [0.3, 0.4) is 0 Å². The maximum Gasteiger partial charge on any atom is 0.335 e. The summed E-state index contributed by atoms with van der Waals surface area (Å²) in [5.74, 6) is -1.07. The van der Waals surface area contributed by atoms with E-state index in [-0.39, 0.29) is 23.8 Å². The summed E-state index contributed by atoms with van der Waals surface area (Å²) in [6.07, 6.45) is 2.19. The van der Waals surface area contributed by atoms with Crippen LogP contribution >= 0.6 is 0 Å². The van der Waals surface area contributed by atoms with Crippen molar-refractivity contribution in [1.29, 1.82) is 0 Å². The Labute approximate surface area is 229 Å². The number of rotatable bonds is 7. The van der Waals surface area contributed by atoms with E-state index < -0.39 is 5.97 Å². The number of carboxylic acid groups (broad SMARTS) is 1. The molecule has 0 fully saturated rings. The van der Waals surface area contributed by atoms with Gasteiger partial charge in [-0.25, -0.2) is 14.2 Å². The Bertz CT molecular complexity index is 1890. The lowest BCUT2D eigenvalue weighted by molar-refractivity contribution is 0.0696. The first-order valence-electron chi connectivity index (χ1n) is 12.8. The number of fused-ring (bicyclic) bond motifs is 2. The maximum atomic E-state index is 14.7. The van der Waals surface area contributed by atoms with Crippen molar-refractivity contribution in [3.63, 3.8) is 0 Å². The second kappa shape index (κ2) is 10.5. The van der Waals surface area contributed by atoms with Crippen molar-refractivity contribution < 1.29 is 19.1 Å². The first-order chi connectivity index (χ1) is 19.5. The van der Waals surface area contributed by atoms with Crippen LogP contribution in [-0.2, 0) is 13.0 Å². The van der Waals surface area contributed by atoms with Gasteiger partial charge in [-0.3, -0.25) is 9.20 Å². The average Bonchev–Trinajstić information content (AvgIpc) is 3.38. The van der Waals surface area contributed by atoms with Gasteiger partial charge in [0.15, 0.2) is 0 Å². The van der Waals surface area contributed by atoms with Gasteiger partial charge in [0, 0.05) is 18.5 Å². The highest BCUT2D eigenvalue weighted by Gasteiger charge is 2.18. The second-order valence-electron chi connectivity index (χ2n) is 9.59. The molecular formula is C33H24FN3O3. The van der Waals surface area contributed by atoms with Crippen LogP contribution in [0, 0.1) is 5.82 Å². The van der Waals surface area contributed by atoms with Crippen LogP contribution in [0.5, 0.6) is 0 Å². The van der Waals surface area contributed by atoms with Crippen LogP contribution in [-0.4, -0.2) is 26.4 Å². The fraction of sp³-hybridized carbons (Fsp3) is 0.0606. The number of benzene rings is 4. The number of imidazole rings is 1. The summed E-state index contributed by atoms with van der Waals surface area (Å²) in [7, 11) is 0. The van der Waals surface area contributed by atoms with Crippen molar-refractivity contribution in [3.8, 4) is 11.1 Å². The summed E-state index contributed by atoms with van der Waals surface area (Å²) in [6.45, 7) is 0.193. The van der Waals surface area contributed by atoms with Crippen LogP contribution in [0.15, 0.2) is 109 Å². The molecule has 1 amide bonds. The number of hydrogen-bond acceptors (Lipinski definition) is 3. The molecule has 6 rings (SSSR count). The highest BCUT2D eigenvalue weighted by atomic mass is 19.1. The molecule has 0 radical (unpaired) electrons. The molecule has 40 heavy (non-hydrogen) atoms. The third-order valence-electron chi connectivity index (χ3n) is 6.95. The van der Waals surface area contributed by atoms with Crippen molar-refractivity contribution in [3.05, 3.63) is 143 Å². The number of amides is 1. The minimum Gasteiger partial charge on any atom is -0.478 e. The van der Waals surface area contributed by atoms with Gasteiger partial charge in [0.25, 0.3) is 5.91 Å². The van der Waals surface area contributed by atoms with E-state index in [1.807, 2.05) is 22.6 Å². The maximum absolute atomic E-state index is 14.7. The summed E-state index contributed by atoms with van der Waals surface area (Å²) in [5, 5.41) is 14.3. The molecule has 7 heteroatoms. The first-order valence-corrected chi connectivity index (χ1v) is 12.8. The predicted molar refractivity (Wildman–Crippen MR) is 152 cm³/mol. The van der Waals surface area contributed by atoms with Crippen LogP contribution in [0.4, 0.5) is 4.39 Å². The largest absolute Gasteiger partial charge is 0.478 e. The Hall–Kier alpha value is -5.30. The molecule has 0 aliphatic rings. The molecule has 0 aliphatic carbocycles. The van der Waals surface area contributed by atoms with Gasteiger partial charge in [0.1, 0.15) is 17.3 Å². The van der Waals surface area contributed by atoms with Gasteiger partial charge in [0.05, 0.1) is 17.3 Å². The number of aromatic carboxylic acids is 1. The fourth-order valence-corrected chi connectivity index (χ4v) is 4.91. The molecule has 196 valence electrons. The molecule has 2 N–H and O–H groups in total. The smallest absolute Gasteiger partial charge is 0.335 e. The molecule has 6 nitrogen and oxygen atoms in total. The SMILES string of the molecule is O=C(O)c1ccc(CNC(=O)c2cc(-c3ccccc3F)cc3cnc(Cc4ccc5ccccc5c4)n23)cc1. The van der Waals surface area contributed by atoms with Crippen molar-refractivity contribution in [2.24, 2.45) is 0 Å². The molecule has 0 spiro atoms. The average molecular weight is 530 g/mol. The van der Waals surface area contributed by atoms with Gasteiger partial charge in [-0.1, -0.05) is 72.8 Å².